The van der Waals surface area contributed by atoms with E-state index in [4.69, 9.17) is 9.72 Å². The Morgan fingerprint density at radius 1 is 0.633 bits per heavy atom. The number of hydrogen-bond acceptors (Lipinski definition) is 4. The number of ether oxygens (including phenoxy) is 1. The largest absolute Gasteiger partial charge is 0.453 e. The molecule has 1 aliphatic heterocycles. The minimum Gasteiger partial charge on any atom is -0.453 e. The molecule has 0 bridgehead atoms. The van der Waals surface area contributed by atoms with E-state index < -0.39 is 0 Å². The van der Waals surface area contributed by atoms with E-state index in [0.717, 1.165) is 50.9 Å². The maximum Gasteiger partial charge on any atom is 0.159 e. The highest BCUT2D eigenvalue weighted by atomic mass is 16.5. The van der Waals surface area contributed by atoms with E-state index in [0.29, 0.717) is 0 Å². The normalized spacial score (nSPS) is 12.2. The van der Waals surface area contributed by atoms with Crippen LogP contribution in [0.25, 0.3) is 22.3 Å². The van der Waals surface area contributed by atoms with Crippen LogP contribution in [0.3, 0.4) is 0 Å². The molecule has 1 aliphatic rings. The van der Waals surface area contributed by atoms with Crippen LogP contribution in [0.1, 0.15) is 0 Å². The third-order valence-corrected chi connectivity index (χ3v) is 5.30. The zero-order valence-electron chi connectivity index (χ0n) is 16.1. The van der Waals surface area contributed by atoms with E-state index in [1.165, 1.54) is 0 Å². The van der Waals surface area contributed by atoms with E-state index in [2.05, 4.69) is 46.3 Å². The van der Waals surface area contributed by atoms with Gasteiger partial charge in [-0.05, 0) is 54.6 Å². The van der Waals surface area contributed by atoms with Gasteiger partial charge in [-0.15, -0.1) is 0 Å². The number of hydrogen-bond donors (Lipinski definition) is 0. The van der Waals surface area contributed by atoms with Crippen molar-refractivity contribution in [2.24, 2.45) is 0 Å². The first-order chi connectivity index (χ1) is 14.9. The molecule has 2 heterocycles. The van der Waals surface area contributed by atoms with Crippen molar-refractivity contribution < 1.29 is 4.74 Å². The molecule has 1 aromatic heterocycles. The molecule has 0 radical (unpaired) electrons. The Bertz CT molecular complexity index is 1330. The van der Waals surface area contributed by atoms with Crippen molar-refractivity contribution in [1.29, 1.82) is 0 Å². The van der Waals surface area contributed by atoms with E-state index in [-0.39, 0.29) is 0 Å². The highest BCUT2D eigenvalue weighted by Gasteiger charge is 2.25. The first-order valence-electron chi connectivity index (χ1n) is 9.85. The molecule has 0 saturated heterocycles. The van der Waals surface area contributed by atoms with Crippen molar-refractivity contribution in [3.8, 4) is 22.9 Å². The predicted octanol–water partition coefficient (Wildman–Crippen LogP) is 6.87. The lowest BCUT2D eigenvalue weighted by atomic mass is 10.1. The average Bonchev–Trinajstić information content (AvgIpc) is 2.82. The van der Waals surface area contributed by atoms with Gasteiger partial charge in [-0.25, -0.2) is 9.97 Å². The summed E-state index contributed by atoms with van der Waals surface area (Å²) < 4.78 is 6.10. The lowest BCUT2D eigenvalue weighted by molar-refractivity contribution is 0.477. The molecule has 0 saturated carbocycles. The van der Waals surface area contributed by atoms with E-state index in [1.807, 2.05) is 66.9 Å². The minimum absolute atomic E-state index is 0.725. The Labute approximate surface area is 174 Å². The third kappa shape index (κ3) is 2.70. The monoisotopic (exact) mass is 387 g/mol. The summed E-state index contributed by atoms with van der Waals surface area (Å²) in [7, 11) is 0. The van der Waals surface area contributed by atoms with Crippen molar-refractivity contribution in [1.82, 2.24) is 9.97 Å². The fourth-order valence-corrected chi connectivity index (χ4v) is 3.85. The zero-order chi connectivity index (χ0) is 19.9. The lowest BCUT2D eigenvalue weighted by Gasteiger charge is -2.32. The molecular formula is C26H17N3O. The Morgan fingerprint density at radius 3 is 2.00 bits per heavy atom. The van der Waals surface area contributed by atoms with Gasteiger partial charge in [0, 0.05) is 22.8 Å². The van der Waals surface area contributed by atoms with Crippen LogP contribution in [-0.4, -0.2) is 9.97 Å². The summed E-state index contributed by atoms with van der Waals surface area (Å²) in [6.45, 7) is 0. The smallest absolute Gasteiger partial charge is 0.159 e. The quantitative estimate of drug-likeness (QED) is 0.325. The molecule has 0 amide bonds. The van der Waals surface area contributed by atoms with Crippen molar-refractivity contribution in [2.45, 2.75) is 0 Å². The van der Waals surface area contributed by atoms with Crippen LogP contribution < -0.4 is 9.64 Å². The molecule has 0 unspecified atom stereocenters. The van der Waals surface area contributed by atoms with Crippen LogP contribution in [0.15, 0.2) is 103 Å². The average molecular weight is 387 g/mol. The van der Waals surface area contributed by atoms with Gasteiger partial charge >= 0.3 is 0 Å². The molecule has 30 heavy (non-hydrogen) atoms. The molecule has 5 aromatic rings. The SMILES string of the molecule is c1ccc2c(c1)Oc1ccccc1N2c1ccc(-c2ncc3ccccc3n2)cc1. The summed E-state index contributed by atoms with van der Waals surface area (Å²) in [6, 6.07) is 32.6. The summed E-state index contributed by atoms with van der Waals surface area (Å²) in [6.07, 6.45) is 1.88. The number of nitrogens with zero attached hydrogens (tertiary/aromatic N) is 3. The van der Waals surface area contributed by atoms with Gasteiger partial charge in [0.05, 0.1) is 16.9 Å². The molecular weight excluding hydrogens is 370 g/mol. The molecule has 0 fully saturated rings. The predicted molar refractivity (Wildman–Crippen MR) is 120 cm³/mol. The van der Waals surface area contributed by atoms with Crippen LogP contribution in [-0.2, 0) is 0 Å². The van der Waals surface area contributed by atoms with Crippen molar-refractivity contribution in [3.05, 3.63) is 103 Å². The van der Waals surface area contributed by atoms with Crippen molar-refractivity contribution >= 4 is 28.0 Å². The van der Waals surface area contributed by atoms with Crippen LogP contribution in [0.5, 0.6) is 11.5 Å². The second kappa shape index (κ2) is 6.71. The molecule has 4 aromatic carbocycles. The minimum atomic E-state index is 0.725. The van der Waals surface area contributed by atoms with Gasteiger partial charge in [-0.1, -0.05) is 42.5 Å². The van der Waals surface area contributed by atoms with Gasteiger partial charge in [0.15, 0.2) is 17.3 Å². The number of rotatable bonds is 2. The maximum absolute atomic E-state index is 6.10. The molecule has 6 rings (SSSR count). The van der Waals surface area contributed by atoms with Gasteiger partial charge in [-0.3, -0.25) is 0 Å². The number of anilines is 3. The van der Waals surface area contributed by atoms with Gasteiger partial charge in [0.25, 0.3) is 0 Å². The van der Waals surface area contributed by atoms with Crippen LogP contribution in [0.2, 0.25) is 0 Å². The molecule has 0 aliphatic carbocycles. The Hall–Kier alpha value is -4.18. The standard InChI is InChI=1S/C26H17N3O/c1-2-8-21-19(7-1)17-27-26(28-21)18-13-15-20(16-14-18)29-22-9-3-5-11-24(22)30-25-12-6-4-10-23(25)29/h1-17H. The lowest BCUT2D eigenvalue weighted by Crippen LogP contribution is -2.15. The van der Waals surface area contributed by atoms with Gasteiger partial charge in [-0.2, -0.15) is 0 Å². The fraction of sp³-hybridized carbons (Fsp3) is 0. The summed E-state index contributed by atoms with van der Waals surface area (Å²) >= 11 is 0. The number of para-hydroxylation sites is 5. The zero-order valence-corrected chi connectivity index (χ0v) is 16.1. The third-order valence-electron chi connectivity index (χ3n) is 5.30. The number of aromatic nitrogens is 2. The van der Waals surface area contributed by atoms with Gasteiger partial charge in [0.1, 0.15) is 0 Å². The van der Waals surface area contributed by atoms with Gasteiger partial charge in [0.2, 0.25) is 0 Å². The molecule has 0 atom stereocenters. The van der Waals surface area contributed by atoms with Crippen molar-refractivity contribution in [3.63, 3.8) is 0 Å². The van der Waals surface area contributed by atoms with Crippen LogP contribution in [0.4, 0.5) is 17.1 Å². The molecule has 4 nitrogen and oxygen atoms in total. The topological polar surface area (TPSA) is 38.2 Å². The molecule has 4 heteroatoms. The summed E-state index contributed by atoms with van der Waals surface area (Å²) in [5.41, 5.74) is 5.03. The fourth-order valence-electron chi connectivity index (χ4n) is 3.85. The van der Waals surface area contributed by atoms with Crippen LogP contribution in [0, 0.1) is 0 Å². The Kier molecular flexibility index (Phi) is 3.74. The number of fused-ring (bicyclic) bond motifs is 3. The Morgan fingerprint density at radius 2 is 1.27 bits per heavy atom. The summed E-state index contributed by atoms with van der Waals surface area (Å²) in [5, 5.41) is 1.04. The van der Waals surface area contributed by atoms with Crippen LogP contribution >= 0.6 is 0 Å². The van der Waals surface area contributed by atoms with Gasteiger partial charge < -0.3 is 9.64 Å². The van der Waals surface area contributed by atoms with E-state index in [1.54, 1.807) is 0 Å². The Balaban J connectivity index is 1.43. The second-order valence-electron chi connectivity index (χ2n) is 7.17. The van der Waals surface area contributed by atoms with E-state index >= 15 is 0 Å². The summed E-state index contributed by atoms with van der Waals surface area (Å²) in [5.74, 6) is 2.42. The highest BCUT2D eigenvalue weighted by Crippen LogP contribution is 2.50. The molecule has 0 spiro atoms. The maximum atomic E-state index is 6.10. The highest BCUT2D eigenvalue weighted by molar-refractivity contribution is 5.86. The van der Waals surface area contributed by atoms with Crippen molar-refractivity contribution in [2.75, 3.05) is 4.90 Å². The molecule has 142 valence electrons. The molecule has 0 N–H and O–H groups in total. The first-order valence-corrected chi connectivity index (χ1v) is 9.85. The second-order valence-corrected chi connectivity index (χ2v) is 7.17. The van der Waals surface area contributed by atoms with E-state index in [9.17, 15) is 0 Å². The number of benzene rings is 4. The first kappa shape index (κ1) is 16.7. The summed E-state index contributed by atoms with van der Waals surface area (Å²) in [4.78, 5) is 11.5.